The zero-order valence-electron chi connectivity index (χ0n) is 10.2. The molecule has 1 heterocycles. The van der Waals surface area contributed by atoms with Crippen molar-refractivity contribution in [3.8, 4) is 0 Å². The summed E-state index contributed by atoms with van der Waals surface area (Å²) in [5, 5.41) is 0.490. The van der Waals surface area contributed by atoms with Gasteiger partial charge >= 0.3 is 16.0 Å². The lowest BCUT2D eigenvalue weighted by atomic mass is 10.4. The SMILES string of the molecule is NC(NS(=O)(=O)c1ccc(Cl)cc1)=[N+]1CCSCC1. The number of guanidine groups is 1. The van der Waals surface area contributed by atoms with E-state index in [2.05, 4.69) is 4.72 Å². The lowest BCUT2D eigenvalue weighted by Gasteiger charge is -2.15. The Morgan fingerprint density at radius 2 is 1.84 bits per heavy atom. The van der Waals surface area contributed by atoms with Crippen LogP contribution in [0.15, 0.2) is 29.2 Å². The van der Waals surface area contributed by atoms with Gasteiger partial charge in [0.15, 0.2) is 0 Å². The Hall–Kier alpha value is -0.920. The molecule has 0 amide bonds. The number of halogens is 1. The van der Waals surface area contributed by atoms with Crippen LogP contribution in [-0.2, 0) is 10.0 Å². The summed E-state index contributed by atoms with van der Waals surface area (Å²) in [5.41, 5.74) is 5.82. The molecule has 0 aromatic heterocycles. The van der Waals surface area contributed by atoms with Crippen molar-refractivity contribution >= 4 is 39.3 Å². The molecule has 0 spiro atoms. The molecule has 1 aromatic carbocycles. The highest BCUT2D eigenvalue weighted by Crippen LogP contribution is 2.13. The van der Waals surface area contributed by atoms with E-state index >= 15 is 0 Å². The van der Waals surface area contributed by atoms with Crippen LogP contribution < -0.4 is 10.5 Å². The highest BCUT2D eigenvalue weighted by atomic mass is 35.5. The number of hydrogen-bond acceptors (Lipinski definition) is 3. The normalized spacial score (nSPS) is 16.2. The van der Waals surface area contributed by atoms with Crippen LogP contribution in [0.4, 0.5) is 0 Å². The maximum atomic E-state index is 12.1. The summed E-state index contributed by atoms with van der Waals surface area (Å²) in [4.78, 5) is 0.145. The summed E-state index contributed by atoms with van der Waals surface area (Å²) in [6.07, 6.45) is 0. The van der Waals surface area contributed by atoms with E-state index in [4.69, 9.17) is 17.3 Å². The van der Waals surface area contributed by atoms with Crippen molar-refractivity contribution in [2.75, 3.05) is 24.6 Å². The largest absolute Gasteiger partial charge is 0.358 e. The van der Waals surface area contributed by atoms with Crippen LogP contribution in [0, 0.1) is 0 Å². The van der Waals surface area contributed by atoms with Crippen molar-refractivity contribution < 1.29 is 13.0 Å². The average molecular weight is 321 g/mol. The van der Waals surface area contributed by atoms with Crippen LogP contribution in [0.2, 0.25) is 5.02 Å². The summed E-state index contributed by atoms with van der Waals surface area (Å²) < 4.78 is 28.5. The van der Waals surface area contributed by atoms with Crippen LogP contribution >= 0.6 is 23.4 Å². The number of sulfonamides is 1. The summed E-state index contributed by atoms with van der Waals surface area (Å²) in [7, 11) is -3.64. The molecule has 1 aromatic rings. The van der Waals surface area contributed by atoms with E-state index in [1.807, 2.05) is 16.3 Å². The van der Waals surface area contributed by atoms with Crippen LogP contribution in [0.5, 0.6) is 0 Å². The first kappa shape index (κ1) is 14.5. The van der Waals surface area contributed by atoms with E-state index in [1.54, 1.807) is 0 Å². The number of rotatable bonds is 2. The standard InChI is InChI=1S/C11H14ClN3O2S2/c12-9-1-3-10(4-2-9)19(16,17)14-11(13)15-5-7-18-8-6-15/h1-4H,5-8H2,(H2,13,14)/p+1. The smallest absolute Gasteiger partial charge is 0.290 e. The molecule has 0 atom stereocenters. The van der Waals surface area contributed by atoms with Gasteiger partial charge in [-0.1, -0.05) is 11.6 Å². The zero-order chi connectivity index (χ0) is 13.9. The minimum absolute atomic E-state index is 0.145. The topological polar surface area (TPSA) is 75.2 Å². The van der Waals surface area contributed by atoms with Crippen LogP contribution in [0.3, 0.4) is 0 Å². The van der Waals surface area contributed by atoms with Crippen molar-refractivity contribution in [3.05, 3.63) is 29.3 Å². The maximum absolute atomic E-state index is 12.1. The molecule has 0 radical (unpaired) electrons. The maximum Gasteiger partial charge on any atom is 0.358 e. The molecule has 0 unspecified atom stereocenters. The first-order chi connectivity index (χ1) is 8.99. The highest BCUT2D eigenvalue weighted by molar-refractivity contribution is 7.99. The monoisotopic (exact) mass is 320 g/mol. The van der Waals surface area contributed by atoms with Crippen molar-refractivity contribution in [2.45, 2.75) is 4.90 Å². The minimum Gasteiger partial charge on any atom is -0.290 e. The van der Waals surface area contributed by atoms with Gasteiger partial charge in [0.2, 0.25) is 0 Å². The summed E-state index contributed by atoms with van der Waals surface area (Å²) in [6.45, 7) is 1.50. The second kappa shape index (κ2) is 6.02. The van der Waals surface area contributed by atoms with Gasteiger partial charge < -0.3 is 0 Å². The average Bonchev–Trinajstić information content (AvgIpc) is 2.40. The second-order valence-corrected chi connectivity index (χ2v) is 7.39. The van der Waals surface area contributed by atoms with Gasteiger partial charge in [-0.3, -0.25) is 10.3 Å². The fourth-order valence-electron chi connectivity index (χ4n) is 1.68. The minimum atomic E-state index is -3.64. The molecule has 104 valence electrons. The lowest BCUT2D eigenvalue weighted by Crippen LogP contribution is -2.46. The number of hydrogen-bond donors (Lipinski definition) is 2. The Labute approximate surface area is 121 Å². The Morgan fingerprint density at radius 3 is 2.42 bits per heavy atom. The van der Waals surface area contributed by atoms with Gasteiger partial charge in [-0.15, -0.1) is 0 Å². The van der Waals surface area contributed by atoms with Crippen molar-refractivity contribution in [1.29, 1.82) is 0 Å². The van der Waals surface area contributed by atoms with E-state index in [0.717, 1.165) is 24.6 Å². The van der Waals surface area contributed by atoms with Crippen molar-refractivity contribution in [2.24, 2.45) is 5.73 Å². The molecule has 1 saturated heterocycles. The molecule has 2 rings (SSSR count). The number of nitrogens with two attached hydrogens (primary N) is 1. The molecule has 0 saturated carbocycles. The lowest BCUT2D eigenvalue weighted by molar-refractivity contribution is -0.522. The molecular weight excluding hydrogens is 306 g/mol. The third-order valence-corrected chi connectivity index (χ3v) is 5.28. The van der Waals surface area contributed by atoms with Crippen molar-refractivity contribution in [3.63, 3.8) is 0 Å². The third kappa shape index (κ3) is 3.77. The van der Waals surface area contributed by atoms with Gasteiger partial charge in [0.05, 0.1) is 13.1 Å². The fourth-order valence-corrected chi connectivity index (χ4v) is 3.72. The molecule has 0 bridgehead atoms. The predicted molar refractivity (Wildman–Crippen MR) is 78.3 cm³/mol. The predicted octanol–water partition coefficient (Wildman–Crippen LogP) is 0.692. The van der Waals surface area contributed by atoms with Crippen LogP contribution in [0.1, 0.15) is 0 Å². The Kier molecular flexibility index (Phi) is 4.59. The molecule has 1 fully saturated rings. The molecular formula is C11H15ClN3O2S2+. The van der Waals surface area contributed by atoms with E-state index in [1.165, 1.54) is 24.3 Å². The fraction of sp³-hybridized carbons (Fsp3) is 0.364. The molecule has 1 aliphatic rings. The van der Waals surface area contributed by atoms with Crippen LogP contribution in [0.25, 0.3) is 0 Å². The van der Waals surface area contributed by atoms with Gasteiger partial charge in [-0.25, -0.2) is 0 Å². The van der Waals surface area contributed by atoms with Gasteiger partial charge in [-0.2, -0.15) is 24.9 Å². The Balaban J connectivity index is 2.19. The van der Waals surface area contributed by atoms with Crippen LogP contribution in [-0.4, -0.2) is 43.5 Å². The number of nitrogens with one attached hydrogen (secondary N) is 1. The molecule has 8 heteroatoms. The van der Waals surface area contributed by atoms with E-state index in [-0.39, 0.29) is 10.9 Å². The molecule has 1 aliphatic heterocycles. The molecule has 5 nitrogen and oxygen atoms in total. The Morgan fingerprint density at radius 1 is 1.26 bits per heavy atom. The number of thioether (sulfide) groups is 1. The molecule has 3 N–H and O–H groups in total. The third-order valence-electron chi connectivity index (χ3n) is 2.71. The van der Waals surface area contributed by atoms with E-state index in [0.29, 0.717) is 5.02 Å². The van der Waals surface area contributed by atoms with E-state index < -0.39 is 10.0 Å². The second-order valence-electron chi connectivity index (χ2n) is 4.04. The van der Waals surface area contributed by atoms with Gasteiger partial charge in [0.1, 0.15) is 4.90 Å². The van der Waals surface area contributed by atoms with Gasteiger partial charge in [-0.05, 0) is 24.3 Å². The summed E-state index contributed by atoms with van der Waals surface area (Å²) in [5.74, 6) is 2.07. The Bertz CT molecular complexity index is 576. The molecule has 0 aliphatic carbocycles. The van der Waals surface area contributed by atoms with Gasteiger partial charge in [0, 0.05) is 16.5 Å². The quantitative estimate of drug-likeness (QED) is 0.621. The summed E-state index contributed by atoms with van der Waals surface area (Å²) >= 11 is 7.56. The first-order valence-electron chi connectivity index (χ1n) is 5.72. The highest BCUT2D eigenvalue weighted by Gasteiger charge is 2.22. The van der Waals surface area contributed by atoms with Gasteiger partial charge in [0.25, 0.3) is 0 Å². The number of benzene rings is 1. The van der Waals surface area contributed by atoms with E-state index in [9.17, 15) is 8.42 Å². The van der Waals surface area contributed by atoms with Crippen molar-refractivity contribution in [1.82, 2.24) is 4.72 Å². The number of nitrogens with zero attached hydrogens (tertiary/aromatic N) is 1. The summed E-state index contributed by atoms with van der Waals surface area (Å²) in [6, 6.07) is 5.96. The molecule has 19 heavy (non-hydrogen) atoms. The first-order valence-corrected chi connectivity index (χ1v) is 8.74. The zero-order valence-corrected chi connectivity index (χ0v) is 12.6.